The lowest BCUT2D eigenvalue weighted by molar-refractivity contribution is 0.411. The van der Waals surface area contributed by atoms with Crippen molar-refractivity contribution in [1.82, 2.24) is 9.55 Å². The highest BCUT2D eigenvalue weighted by Crippen LogP contribution is 2.39. The van der Waals surface area contributed by atoms with Gasteiger partial charge in [0.2, 0.25) is 5.95 Å². The number of ether oxygens (including phenoxy) is 1. The minimum Gasteiger partial charge on any atom is -0.497 e. The maximum absolute atomic E-state index is 6.10. The van der Waals surface area contributed by atoms with Gasteiger partial charge in [0.25, 0.3) is 0 Å². The van der Waals surface area contributed by atoms with Crippen LogP contribution in [0.3, 0.4) is 0 Å². The van der Waals surface area contributed by atoms with E-state index < -0.39 is 0 Å². The molecular formula is C14H19N3O. The third-order valence-corrected chi connectivity index (χ3v) is 4.07. The summed E-state index contributed by atoms with van der Waals surface area (Å²) in [7, 11) is 1.68. The molecule has 2 atom stereocenters. The summed E-state index contributed by atoms with van der Waals surface area (Å²) in [6.45, 7) is 2.29. The van der Waals surface area contributed by atoms with Crippen molar-refractivity contribution in [3.8, 4) is 5.75 Å². The average Bonchev–Trinajstić information content (AvgIpc) is 2.90. The van der Waals surface area contributed by atoms with Crippen molar-refractivity contribution in [2.45, 2.75) is 32.2 Å². The Kier molecular flexibility index (Phi) is 2.65. The van der Waals surface area contributed by atoms with Crippen molar-refractivity contribution < 1.29 is 4.74 Å². The number of hydrogen-bond donors (Lipinski definition) is 1. The Balaban J connectivity index is 2.17. The fraction of sp³-hybridized carbons (Fsp3) is 0.500. The first-order chi connectivity index (χ1) is 8.70. The molecule has 2 aromatic rings. The zero-order valence-electron chi connectivity index (χ0n) is 10.9. The summed E-state index contributed by atoms with van der Waals surface area (Å²) < 4.78 is 7.48. The second kappa shape index (κ2) is 4.19. The number of benzene rings is 1. The normalized spacial score (nSPS) is 23.7. The Labute approximate surface area is 107 Å². The van der Waals surface area contributed by atoms with Crippen LogP contribution in [-0.4, -0.2) is 16.7 Å². The molecule has 2 N–H and O–H groups in total. The first kappa shape index (κ1) is 11.4. The molecule has 0 saturated heterocycles. The van der Waals surface area contributed by atoms with Crippen LogP contribution in [-0.2, 0) is 0 Å². The molecule has 0 spiro atoms. The fourth-order valence-corrected chi connectivity index (χ4v) is 3.08. The number of nitrogens with two attached hydrogens (primary N) is 1. The number of nitrogen functional groups attached to an aromatic ring is 1. The van der Waals surface area contributed by atoms with Crippen LogP contribution in [0.4, 0.5) is 5.95 Å². The Hall–Kier alpha value is -1.71. The number of anilines is 1. The largest absolute Gasteiger partial charge is 0.497 e. The van der Waals surface area contributed by atoms with Crippen molar-refractivity contribution in [1.29, 1.82) is 0 Å². The molecule has 0 radical (unpaired) electrons. The number of nitrogens with zero attached hydrogens (tertiary/aromatic N) is 2. The van der Waals surface area contributed by atoms with Gasteiger partial charge in [-0.1, -0.05) is 13.3 Å². The number of fused-ring (bicyclic) bond motifs is 1. The van der Waals surface area contributed by atoms with Crippen LogP contribution in [0.2, 0.25) is 0 Å². The molecule has 2 unspecified atom stereocenters. The highest BCUT2D eigenvalue weighted by Gasteiger charge is 2.27. The van der Waals surface area contributed by atoms with Crippen LogP contribution >= 0.6 is 0 Å². The minimum absolute atomic E-state index is 0.474. The van der Waals surface area contributed by atoms with Crippen LogP contribution in [0.1, 0.15) is 32.2 Å². The Morgan fingerprint density at radius 2 is 2.22 bits per heavy atom. The Bertz CT molecular complexity index is 576. The monoisotopic (exact) mass is 245 g/mol. The maximum Gasteiger partial charge on any atom is 0.201 e. The molecule has 0 amide bonds. The molecule has 0 aliphatic heterocycles. The summed E-state index contributed by atoms with van der Waals surface area (Å²) in [4.78, 5) is 4.45. The van der Waals surface area contributed by atoms with Crippen LogP contribution in [0.15, 0.2) is 18.2 Å². The minimum atomic E-state index is 0.474. The summed E-state index contributed by atoms with van der Waals surface area (Å²) in [5, 5.41) is 0. The van der Waals surface area contributed by atoms with Gasteiger partial charge in [0.05, 0.1) is 18.1 Å². The third-order valence-electron chi connectivity index (χ3n) is 4.07. The standard InChI is InChI=1S/C14H19N3O/c1-9-4-3-5-12(9)17-13-8-10(18-2)6-7-11(13)16-14(17)15/h6-9,12H,3-5H2,1-2H3,(H2,15,16). The topological polar surface area (TPSA) is 53.1 Å². The second-order valence-electron chi connectivity index (χ2n) is 5.17. The first-order valence-electron chi connectivity index (χ1n) is 6.52. The van der Waals surface area contributed by atoms with E-state index in [1.807, 2.05) is 18.2 Å². The van der Waals surface area contributed by atoms with E-state index in [-0.39, 0.29) is 0 Å². The zero-order chi connectivity index (χ0) is 12.7. The quantitative estimate of drug-likeness (QED) is 0.885. The van der Waals surface area contributed by atoms with Crippen LogP contribution < -0.4 is 10.5 Å². The number of methoxy groups -OCH3 is 1. The lowest BCUT2D eigenvalue weighted by Gasteiger charge is -2.19. The predicted molar refractivity (Wildman–Crippen MR) is 72.7 cm³/mol. The molecule has 96 valence electrons. The molecule has 3 rings (SSSR count). The molecule has 0 bridgehead atoms. The van der Waals surface area contributed by atoms with Gasteiger partial charge in [-0.3, -0.25) is 0 Å². The molecule has 1 heterocycles. The van der Waals surface area contributed by atoms with Gasteiger partial charge in [0.1, 0.15) is 5.75 Å². The second-order valence-corrected chi connectivity index (χ2v) is 5.17. The summed E-state index contributed by atoms with van der Waals surface area (Å²) in [5.41, 5.74) is 8.14. The summed E-state index contributed by atoms with van der Waals surface area (Å²) >= 11 is 0. The van der Waals surface area contributed by atoms with E-state index in [2.05, 4.69) is 16.5 Å². The molecule has 1 saturated carbocycles. The van der Waals surface area contributed by atoms with Gasteiger partial charge in [-0.25, -0.2) is 4.98 Å². The summed E-state index contributed by atoms with van der Waals surface area (Å²) in [5.74, 6) is 2.14. The smallest absolute Gasteiger partial charge is 0.201 e. The van der Waals surface area contributed by atoms with E-state index in [0.717, 1.165) is 16.8 Å². The van der Waals surface area contributed by atoms with Gasteiger partial charge in [0.15, 0.2) is 0 Å². The molecule has 18 heavy (non-hydrogen) atoms. The maximum atomic E-state index is 6.10. The average molecular weight is 245 g/mol. The van der Waals surface area contributed by atoms with E-state index >= 15 is 0 Å². The van der Waals surface area contributed by atoms with Crippen LogP contribution in [0.5, 0.6) is 5.75 Å². The zero-order valence-corrected chi connectivity index (χ0v) is 10.9. The Morgan fingerprint density at radius 3 is 2.89 bits per heavy atom. The molecular weight excluding hydrogens is 226 g/mol. The third kappa shape index (κ3) is 1.64. The number of aromatic nitrogens is 2. The lowest BCUT2D eigenvalue weighted by Crippen LogP contribution is -2.14. The molecule has 1 aromatic carbocycles. The SMILES string of the molecule is COc1ccc2nc(N)n(C3CCCC3C)c2c1. The summed E-state index contributed by atoms with van der Waals surface area (Å²) in [6, 6.07) is 6.41. The summed E-state index contributed by atoms with van der Waals surface area (Å²) in [6.07, 6.45) is 3.73. The first-order valence-corrected chi connectivity index (χ1v) is 6.52. The molecule has 4 nitrogen and oxygen atoms in total. The van der Waals surface area contributed by atoms with Crippen LogP contribution in [0.25, 0.3) is 11.0 Å². The van der Waals surface area contributed by atoms with E-state index in [1.165, 1.54) is 19.3 Å². The van der Waals surface area contributed by atoms with Gasteiger partial charge in [0, 0.05) is 12.1 Å². The molecule has 1 fully saturated rings. The van der Waals surface area contributed by atoms with Gasteiger partial charge >= 0.3 is 0 Å². The molecule has 1 aromatic heterocycles. The highest BCUT2D eigenvalue weighted by molar-refractivity contribution is 5.80. The highest BCUT2D eigenvalue weighted by atomic mass is 16.5. The van der Waals surface area contributed by atoms with E-state index in [0.29, 0.717) is 17.9 Å². The number of hydrogen-bond acceptors (Lipinski definition) is 3. The van der Waals surface area contributed by atoms with Crippen molar-refractivity contribution in [2.24, 2.45) is 5.92 Å². The van der Waals surface area contributed by atoms with Crippen molar-refractivity contribution in [3.63, 3.8) is 0 Å². The molecule has 1 aliphatic rings. The molecule has 1 aliphatic carbocycles. The van der Waals surface area contributed by atoms with E-state index in [4.69, 9.17) is 10.5 Å². The van der Waals surface area contributed by atoms with E-state index in [9.17, 15) is 0 Å². The van der Waals surface area contributed by atoms with Crippen LogP contribution in [0, 0.1) is 5.92 Å². The number of rotatable bonds is 2. The Morgan fingerprint density at radius 1 is 1.39 bits per heavy atom. The fourth-order valence-electron chi connectivity index (χ4n) is 3.08. The van der Waals surface area contributed by atoms with Gasteiger partial charge in [-0.2, -0.15) is 0 Å². The van der Waals surface area contributed by atoms with Gasteiger partial charge in [-0.15, -0.1) is 0 Å². The lowest BCUT2D eigenvalue weighted by atomic mass is 10.1. The van der Waals surface area contributed by atoms with Gasteiger partial charge < -0.3 is 15.0 Å². The number of imidazole rings is 1. The van der Waals surface area contributed by atoms with Gasteiger partial charge in [-0.05, 0) is 30.9 Å². The van der Waals surface area contributed by atoms with Crippen molar-refractivity contribution in [2.75, 3.05) is 12.8 Å². The van der Waals surface area contributed by atoms with E-state index in [1.54, 1.807) is 7.11 Å². The van der Waals surface area contributed by atoms with Crippen molar-refractivity contribution >= 4 is 17.0 Å². The molecule has 4 heteroatoms. The van der Waals surface area contributed by atoms with Crippen molar-refractivity contribution in [3.05, 3.63) is 18.2 Å². The predicted octanol–water partition coefficient (Wildman–Crippen LogP) is 2.99.